The van der Waals surface area contributed by atoms with Gasteiger partial charge in [-0.05, 0) is 24.3 Å². The molecule has 82 valence electrons. The van der Waals surface area contributed by atoms with Crippen molar-refractivity contribution >= 4 is 27.5 Å². The van der Waals surface area contributed by atoms with Gasteiger partial charge in [-0.1, -0.05) is 27.5 Å². The van der Waals surface area contributed by atoms with Gasteiger partial charge in [-0.2, -0.15) is 0 Å². The number of methoxy groups -OCH3 is 1. The SMILES string of the molecule is COc1ccc(Br)c(-c2nccc(Cl)n2)c1. The van der Waals surface area contributed by atoms with Gasteiger partial charge in [0.05, 0.1) is 7.11 Å². The first-order chi connectivity index (χ1) is 7.70. The summed E-state index contributed by atoms with van der Waals surface area (Å²) in [5, 5.41) is 0.416. The predicted molar refractivity (Wildman–Crippen MR) is 66.7 cm³/mol. The van der Waals surface area contributed by atoms with E-state index in [9.17, 15) is 0 Å². The fraction of sp³-hybridized carbons (Fsp3) is 0.0909. The highest BCUT2D eigenvalue weighted by atomic mass is 79.9. The Morgan fingerprint density at radius 2 is 2.12 bits per heavy atom. The number of hydrogen-bond acceptors (Lipinski definition) is 3. The maximum Gasteiger partial charge on any atom is 0.162 e. The lowest BCUT2D eigenvalue weighted by molar-refractivity contribution is 0.415. The van der Waals surface area contributed by atoms with Crippen molar-refractivity contribution in [2.75, 3.05) is 7.11 Å². The molecule has 3 nitrogen and oxygen atoms in total. The zero-order valence-corrected chi connectivity index (χ0v) is 10.8. The molecule has 1 heterocycles. The normalized spacial score (nSPS) is 10.2. The Kier molecular flexibility index (Phi) is 3.41. The summed E-state index contributed by atoms with van der Waals surface area (Å²) in [6, 6.07) is 7.24. The van der Waals surface area contributed by atoms with Gasteiger partial charge in [0.15, 0.2) is 5.82 Å². The Morgan fingerprint density at radius 3 is 2.81 bits per heavy atom. The highest BCUT2D eigenvalue weighted by Crippen LogP contribution is 2.29. The average molecular weight is 300 g/mol. The Balaban J connectivity index is 2.54. The van der Waals surface area contributed by atoms with Crippen LogP contribution in [0.5, 0.6) is 5.75 Å². The van der Waals surface area contributed by atoms with Crippen LogP contribution >= 0.6 is 27.5 Å². The summed E-state index contributed by atoms with van der Waals surface area (Å²) in [5.41, 5.74) is 0.849. The molecule has 0 spiro atoms. The maximum atomic E-state index is 5.82. The molecule has 5 heteroatoms. The van der Waals surface area contributed by atoms with E-state index in [1.54, 1.807) is 19.4 Å². The molecular formula is C11H8BrClN2O. The second kappa shape index (κ2) is 4.80. The van der Waals surface area contributed by atoms with Crippen LogP contribution in [0, 0.1) is 0 Å². The molecule has 0 saturated heterocycles. The van der Waals surface area contributed by atoms with Crippen molar-refractivity contribution in [2.45, 2.75) is 0 Å². The fourth-order valence-corrected chi connectivity index (χ4v) is 1.83. The summed E-state index contributed by atoms with van der Waals surface area (Å²) < 4.78 is 6.05. The van der Waals surface area contributed by atoms with E-state index in [-0.39, 0.29) is 0 Å². The van der Waals surface area contributed by atoms with Crippen LogP contribution in [0.15, 0.2) is 34.9 Å². The van der Waals surface area contributed by atoms with Gasteiger partial charge in [0.1, 0.15) is 10.9 Å². The van der Waals surface area contributed by atoms with Crippen LogP contribution in [0.3, 0.4) is 0 Å². The van der Waals surface area contributed by atoms with Crippen LogP contribution in [-0.2, 0) is 0 Å². The summed E-state index contributed by atoms with van der Waals surface area (Å²) in [6.45, 7) is 0. The third-order valence-electron chi connectivity index (χ3n) is 2.04. The van der Waals surface area contributed by atoms with Gasteiger partial charge in [0.25, 0.3) is 0 Å². The first kappa shape index (κ1) is 11.4. The molecule has 0 aliphatic carbocycles. The number of ether oxygens (including phenoxy) is 1. The van der Waals surface area contributed by atoms with E-state index in [1.165, 1.54) is 0 Å². The number of nitrogens with zero attached hydrogens (tertiary/aromatic N) is 2. The Labute approximate surface area is 107 Å². The number of benzene rings is 1. The number of rotatable bonds is 2. The number of halogens is 2. The van der Waals surface area contributed by atoms with Gasteiger partial charge in [-0.15, -0.1) is 0 Å². The second-order valence-corrected chi connectivity index (χ2v) is 4.29. The summed E-state index contributed by atoms with van der Waals surface area (Å²) in [6.07, 6.45) is 1.62. The summed E-state index contributed by atoms with van der Waals surface area (Å²) in [5.74, 6) is 1.32. The molecule has 0 aliphatic heterocycles. The Morgan fingerprint density at radius 1 is 1.31 bits per heavy atom. The van der Waals surface area contributed by atoms with Gasteiger partial charge in [-0.3, -0.25) is 0 Å². The maximum absolute atomic E-state index is 5.82. The molecule has 0 unspecified atom stereocenters. The van der Waals surface area contributed by atoms with Crippen molar-refractivity contribution in [1.29, 1.82) is 0 Å². The van der Waals surface area contributed by atoms with Crippen LogP contribution in [0.25, 0.3) is 11.4 Å². The van der Waals surface area contributed by atoms with Crippen LogP contribution in [-0.4, -0.2) is 17.1 Å². The first-order valence-electron chi connectivity index (χ1n) is 4.53. The van der Waals surface area contributed by atoms with Crippen molar-refractivity contribution in [3.05, 3.63) is 40.1 Å². The third kappa shape index (κ3) is 2.33. The Hall–Kier alpha value is -1.13. The van der Waals surface area contributed by atoms with Crippen molar-refractivity contribution in [1.82, 2.24) is 9.97 Å². The van der Waals surface area contributed by atoms with Gasteiger partial charge in [0, 0.05) is 16.2 Å². The van der Waals surface area contributed by atoms with Gasteiger partial charge < -0.3 is 4.74 Å². The standard InChI is InChI=1S/C11H8BrClN2O/c1-16-7-2-3-9(12)8(6-7)11-14-5-4-10(13)15-11/h2-6H,1H3. The van der Waals surface area contributed by atoms with Gasteiger partial charge in [0.2, 0.25) is 0 Å². The van der Waals surface area contributed by atoms with Crippen molar-refractivity contribution in [3.8, 4) is 17.1 Å². The molecule has 0 aliphatic rings. The monoisotopic (exact) mass is 298 g/mol. The molecule has 1 aromatic carbocycles. The molecule has 0 amide bonds. The van der Waals surface area contributed by atoms with Crippen LogP contribution in [0.2, 0.25) is 5.15 Å². The highest BCUT2D eigenvalue weighted by Gasteiger charge is 2.08. The smallest absolute Gasteiger partial charge is 0.162 e. The predicted octanol–water partition coefficient (Wildman–Crippen LogP) is 3.57. The summed E-state index contributed by atoms with van der Waals surface area (Å²) in [7, 11) is 1.62. The number of aromatic nitrogens is 2. The molecule has 0 atom stereocenters. The van der Waals surface area contributed by atoms with Crippen molar-refractivity contribution in [2.24, 2.45) is 0 Å². The van der Waals surface area contributed by atoms with Crippen LogP contribution in [0.4, 0.5) is 0 Å². The molecule has 0 saturated carbocycles. The lowest BCUT2D eigenvalue weighted by Gasteiger charge is -2.06. The van der Waals surface area contributed by atoms with E-state index in [4.69, 9.17) is 16.3 Å². The largest absolute Gasteiger partial charge is 0.497 e. The quantitative estimate of drug-likeness (QED) is 0.795. The molecule has 2 aromatic rings. The van der Waals surface area contributed by atoms with E-state index in [2.05, 4.69) is 25.9 Å². The minimum atomic E-state index is 0.416. The van der Waals surface area contributed by atoms with Crippen molar-refractivity contribution < 1.29 is 4.74 Å². The lowest BCUT2D eigenvalue weighted by Crippen LogP contribution is -1.91. The van der Waals surface area contributed by atoms with Crippen LogP contribution in [0.1, 0.15) is 0 Å². The molecule has 0 N–H and O–H groups in total. The van der Waals surface area contributed by atoms with Crippen LogP contribution < -0.4 is 4.74 Å². The highest BCUT2D eigenvalue weighted by molar-refractivity contribution is 9.10. The molecule has 1 aromatic heterocycles. The van der Waals surface area contributed by atoms with E-state index in [0.29, 0.717) is 11.0 Å². The average Bonchev–Trinajstić information content (AvgIpc) is 2.30. The molecule has 0 bridgehead atoms. The van der Waals surface area contributed by atoms with Gasteiger partial charge >= 0.3 is 0 Å². The second-order valence-electron chi connectivity index (χ2n) is 3.05. The topological polar surface area (TPSA) is 35.0 Å². The minimum absolute atomic E-state index is 0.416. The molecule has 0 radical (unpaired) electrons. The lowest BCUT2D eigenvalue weighted by atomic mass is 10.2. The molecule has 2 rings (SSSR count). The van der Waals surface area contributed by atoms with Crippen molar-refractivity contribution in [3.63, 3.8) is 0 Å². The van der Waals surface area contributed by atoms with E-state index < -0.39 is 0 Å². The molecule has 16 heavy (non-hydrogen) atoms. The minimum Gasteiger partial charge on any atom is -0.497 e. The van der Waals surface area contributed by atoms with E-state index in [0.717, 1.165) is 15.8 Å². The molecular weight excluding hydrogens is 291 g/mol. The zero-order valence-electron chi connectivity index (χ0n) is 8.45. The first-order valence-corrected chi connectivity index (χ1v) is 5.70. The van der Waals surface area contributed by atoms with E-state index in [1.807, 2.05) is 18.2 Å². The summed E-state index contributed by atoms with van der Waals surface area (Å²) in [4.78, 5) is 8.31. The zero-order chi connectivity index (χ0) is 11.5. The Bertz CT molecular complexity index is 519. The summed E-state index contributed by atoms with van der Waals surface area (Å²) >= 11 is 9.27. The molecule has 0 fully saturated rings. The number of hydrogen-bond donors (Lipinski definition) is 0. The third-order valence-corrected chi connectivity index (χ3v) is 2.94. The van der Waals surface area contributed by atoms with Gasteiger partial charge in [-0.25, -0.2) is 9.97 Å². The fourth-order valence-electron chi connectivity index (χ4n) is 1.27. The van der Waals surface area contributed by atoms with E-state index >= 15 is 0 Å².